The molecule has 2 N–H and O–H groups in total. The Bertz CT molecular complexity index is 563. The number of hydrogen-bond acceptors (Lipinski definition) is 3. The summed E-state index contributed by atoms with van der Waals surface area (Å²) in [4.78, 5) is 0. The maximum atomic E-state index is 12.0. The predicted octanol–water partition coefficient (Wildman–Crippen LogP) is 2.56. The Hall–Kier alpha value is -2.02. The van der Waals surface area contributed by atoms with Crippen LogP contribution in [0.1, 0.15) is 17.3 Å². The fourth-order valence-electron chi connectivity index (χ4n) is 1.93. The standard InChI is InChI=1S/C13H14F3N3O/c1-19-12(6-7-18-19)11(17)8-9-2-4-10(5-3-9)20-13(14,15)16/h2-7,11H,8,17H2,1H3. The number of alkyl halides is 3. The molecule has 0 aliphatic rings. The summed E-state index contributed by atoms with van der Waals surface area (Å²) in [5.74, 6) is -0.240. The lowest BCUT2D eigenvalue weighted by Gasteiger charge is -2.13. The highest BCUT2D eigenvalue weighted by Gasteiger charge is 2.30. The summed E-state index contributed by atoms with van der Waals surface area (Å²) in [7, 11) is 1.79. The minimum atomic E-state index is -4.67. The van der Waals surface area contributed by atoms with E-state index in [9.17, 15) is 13.2 Å². The van der Waals surface area contributed by atoms with Crippen LogP contribution in [0.2, 0.25) is 0 Å². The Morgan fingerprint density at radius 1 is 1.25 bits per heavy atom. The molecule has 1 heterocycles. The first-order valence-corrected chi connectivity index (χ1v) is 5.93. The second kappa shape index (κ2) is 5.54. The summed E-state index contributed by atoms with van der Waals surface area (Å²) in [6.07, 6.45) is -2.52. The number of nitrogens with two attached hydrogens (primary N) is 1. The summed E-state index contributed by atoms with van der Waals surface area (Å²) >= 11 is 0. The van der Waals surface area contributed by atoms with Gasteiger partial charge in [-0.2, -0.15) is 5.10 Å². The Morgan fingerprint density at radius 2 is 1.90 bits per heavy atom. The molecule has 0 aliphatic carbocycles. The van der Waals surface area contributed by atoms with Crippen molar-refractivity contribution in [1.29, 1.82) is 0 Å². The molecule has 1 aromatic heterocycles. The quantitative estimate of drug-likeness (QED) is 0.939. The van der Waals surface area contributed by atoms with Crippen LogP contribution in [-0.2, 0) is 13.5 Å². The van der Waals surface area contributed by atoms with E-state index in [1.807, 2.05) is 6.07 Å². The molecule has 20 heavy (non-hydrogen) atoms. The van der Waals surface area contributed by atoms with E-state index in [-0.39, 0.29) is 11.8 Å². The fourth-order valence-corrected chi connectivity index (χ4v) is 1.93. The Morgan fingerprint density at radius 3 is 2.40 bits per heavy atom. The average Bonchev–Trinajstić information content (AvgIpc) is 2.76. The summed E-state index contributed by atoms with van der Waals surface area (Å²) < 4.78 is 41.6. The summed E-state index contributed by atoms with van der Waals surface area (Å²) in [6, 6.07) is 7.23. The van der Waals surface area contributed by atoms with E-state index in [4.69, 9.17) is 5.73 Å². The van der Waals surface area contributed by atoms with Gasteiger partial charge in [-0.05, 0) is 30.2 Å². The Balaban J connectivity index is 2.02. The van der Waals surface area contributed by atoms with Gasteiger partial charge in [0.05, 0.1) is 11.7 Å². The molecule has 1 aromatic carbocycles. The molecule has 0 radical (unpaired) electrons. The van der Waals surface area contributed by atoms with Gasteiger partial charge in [-0.1, -0.05) is 12.1 Å². The molecule has 108 valence electrons. The molecule has 0 fully saturated rings. The van der Waals surface area contributed by atoms with E-state index in [2.05, 4.69) is 9.84 Å². The molecule has 2 rings (SSSR count). The molecule has 0 amide bonds. The van der Waals surface area contributed by atoms with Gasteiger partial charge >= 0.3 is 6.36 Å². The molecule has 7 heteroatoms. The molecule has 0 spiro atoms. The number of aromatic nitrogens is 2. The number of aryl methyl sites for hydroxylation is 1. The molecule has 0 saturated heterocycles. The number of halogens is 3. The van der Waals surface area contributed by atoms with Crippen molar-refractivity contribution in [1.82, 2.24) is 9.78 Å². The van der Waals surface area contributed by atoms with Crippen molar-refractivity contribution < 1.29 is 17.9 Å². The van der Waals surface area contributed by atoms with Crippen LogP contribution in [0, 0.1) is 0 Å². The summed E-state index contributed by atoms with van der Waals surface area (Å²) in [5, 5.41) is 4.03. The van der Waals surface area contributed by atoms with Crippen molar-refractivity contribution in [2.75, 3.05) is 0 Å². The first-order chi connectivity index (χ1) is 9.35. The number of nitrogens with zero attached hydrogens (tertiary/aromatic N) is 2. The van der Waals surface area contributed by atoms with Crippen LogP contribution in [0.5, 0.6) is 5.75 Å². The molecule has 2 aromatic rings. The number of hydrogen-bond donors (Lipinski definition) is 1. The fraction of sp³-hybridized carbons (Fsp3) is 0.308. The maximum Gasteiger partial charge on any atom is 0.573 e. The van der Waals surface area contributed by atoms with E-state index in [1.165, 1.54) is 12.1 Å². The third-order valence-electron chi connectivity index (χ3n) is 2.85. The van der Waals surface area contributed by atoms with E-state index in [0.29, 0.717) is 6.42 Å². The predicted molar refractivity (Wildman–Crippen MR) is 67.0 cm³/mol. The van der Waals surface area contributed by atoms with E-state index >= 15 is 0 Å². The van der Waals surface area contributed by atoms with Crippen molar-refractivity contribution in [3.63, 3.8) is 0 Å². The molecule has 1 atom stereocenters. The molecule has 0 aliphatic heterocycles. The third-order valence-corrected chi connectivity index (χ3v) is 2.85. The zero-order chi connectivity index (χ0) is 14.8. The number of ether oxygens (including phenoxy) is 1. The number of benzene rings is 1. The average molecular weight is 285 g/mol. The summed E-state index contributed by atoms with van der Waals surface area (Å²) in [6.45, 7) is 0. The van der Waals surface area contributed by atoms with Gasteiger partial charge in [-0.15, -0.1) is 13.2 Å². The SMILES string of the molecule is Cn1nccc1C(N)Cc1ccc(OC(F)(F)F)cc1. The monoisotopic (exact) mass is 285 g/mol. The van der Waals surface area contributed by atoms with E-state index < -0.39 is 6.36 Å². The summed E-state index contributed by atoms with van der Waals surface area (Å²) in [5.41, 5.74) is 7.73. The van der Waals surface area contributed by atoms with Gasteiger partial charge in [-0.25, -0.2) is 0 Å². The van der Waals surface area contributed by atoms with E-state index in [1.54, 1.807) is 30.1 Å². The zero-order valence-electron chi connectivity index (χ0n) is 10.8. The highest BCUT2D eigenvalue weighted by molar-refractivity contribution is 5.28. The Labute approximate surface area is 114 Å². The smallest absolute Gasteiger partial charge is 0.406 e. The minimum absolute atomic E-state index is 0.240. The van der Waals surface area contributed by atoms with Crippen LogP contribution in [-0.4, -0.2) is 16.1 Å². The van der Waals surface area contributed by atoms with Gasteiger partial charge in [0.15, 0.2) is 0 Å². The van der Waals surface area contributed by atoms with Gasteiger partial charge in [0, 0.05) is 13.2 Å². The minimum Gasteiger partial charge on any atom is -0.406 e. The number of rotatable bonds is 4. The van der Waals surface area contributed by atoms with E-state index in [0.717, 1.165) is 11.3 Å². The molecule has 4 nitrogen and oxygen atoms in total. The van der Waals surface area contributed by atoms with Crippen LogP contribution in [0.15, 0.2) is 36.5 Å². The molecule has 0 bridgehead atoms. The topological polar surface area (TPSA) is 53.1 Å². The van der Waals surface area contributed by atoms with Gasteiger partial charge in [0.2, 0.25) is 0 Å². The van der Waals surface area contributed by atoms with Crippen molar-refractivity contribution in [2.24, 2.45) is 12.8 Å². The highest BCUT2D eigenvalue weighted by Crippen LogP contribution is 2.24. The lowest BCUT2D eigenvalue weighted by Crippen LogP contribution is -2.18. The van der Waals surface area contributed by atoms with Crippen LogP contribution in [0.3, 0.4) is 0 Å². The van der Waals surface area contributed by atoms with Gasteiger partial charge in [-0.3, -0.25) is 4.68 Å². The highest BCUT2D eigenvalue weighted by atomic mass is 19.4. The second-order valence-electron chi connectivity index (χ2n) is 4.38. The lowest BCUT2D eigenvalue weighted by molar-refractivity contribution is -0.274. The normalized spacial score (nSPS) is 13.2. The lowest BCUT2D eigenvalue weighted by atomic mass is 10.0. The second-order valence-corrected chi connectivity index (χ2v) is 4.38. The first kappa shape index (κ1) is 14.4. The van der Waals surface area contributed by atoms with Crippen molar-refractivity contribution >= 4 is 0 Å². The molecule has 0 saturated carbocycles. The van der Waals surface area contributed by atoms with Crippen molar-refractivity contribution in [2.45, 2.75) is 18.8 Å². The van der Waals surface area contributed by atoms with Crippen LogP contribution >= 0.6 is 0 Å². The van der Waals surface area contributed by atoms with Crippen molar-refractivity contribution in [3.8, 4) is 5.75 Å². The first-order valence-electron chi connectivity index (χ1n) is 5.93. The van der Waals surface area contributed by atoms with Crippen LogP contribution in [0.4, 0.5) is 13.2 Å². The van der Waals surface area contributed by atoms with Gasteiger partial charge in [0.25, 0.3) is 0 Å². The third kappa shape index (κ3) is 3.74. The molecule has 1 unspecified atom stereocenters. The van der Waals surface area contributed by atoms with Crippen LogP contribution in [0.25, 0.3) is 0 Å². The maximum absolute atomic E-state index is 12.0. The van der Waals surface area contributed by atoms with Gasteiger partial charge in [0.1, 0.15) is 5.75 Å². The zero-order valence-corrected chi connectivity index (χ0v) is 10.8. The molecular formula is C13H14F3N3O. The molecular weight excluding hydrogens is 271 g/mol. The van der Waals surface area contributed by atoms with Crippen molar-refractivity contribution in [3.05, 3.63) is 47.8 Å². The van der Waals surface area contributed by atoms with Crippen LogP contribution < -0.4 is 10.5 Å². The largest absolute Gasteiger partial charge is 0.573 e. The van der Waals surface area contributed by atoms with Gasteiger partial charge < -0.3 is 10.5 Å². The Kier molecular flexibility index (Phi) is 3.99.